The molecule has 2 saturated carbocycles. The molecular formula is C25H50. The van der Waals surface area contributed by atoms with Gasteiger partial charge in [0, 0.05) is 0 Å². The summed E-state index contributed by atoms with van der Waals surface area (Å²) in [6.45, 7) is 18.6. The van der Waals surface area contributed by atoms with Crippen molar-refractivity contribution in [3.8, 4) is 0 Å². The second-order valence-electron chi connectivity index (χ2n) is 6.97. The van der Waals surface area contributed by atoms with E-state index in [1.807, 2.05) is 27.7 Å². The third kappa shape index (κ3) is 14.3. The predicted octanol–water partition coefficient (Wildman–Crippen LogP) is 9.51. The van der Waals surface area contributed by atoms with Crippen molar-refractivity contribution in [3.05, 3.63) is 23.8 Å². The van der Waals surface area contributed by atoms with Crippen LogP contribution < -0.4 is 0 Å². The molecule has 150 valence electrons. The summed E-state index contributed by atoms with van der Waals surface area (Å²) in [5.74, 6) is 2.46. The highest BCUT2D eigenvalue weighted by Gasteiger charge is 2.44. The standard InChI is InChI=1S/C9H14.C7H16.C5H8.2C2H6/c1-3-8(2)9-6-4-5-7-9;1-3-5-7-6-4-2;1-2-5-3-4(1)5;2*1-2/h6H,2-5,7H2,1H3;3-7H2,1-2H3;4-5H,1-3H2;2*1-2H3. The quantitative estimate of drug-likeness (QED) is 0.418. The topological polar surface area (TPSA) is 0 Å². The van der Waals surface area contributed by atoms with Crippen molar-refractivity contribution in [2.75, 3.05) is 0 Å². The second-order valence-corrected chi connectivity index (χ2v) is 6.97. The van der Waals surface area contributed by atoms with Crippen LogP contribution in [0.4, 0.5) is 0 Å². The van der Waals surface area contributed by atoms with Gasteiger partial charge in [-0.3, -0.25) is 0 Å². The first-order valence-corrected chi connectivity index (χ1v) is 11.6. The molecule has 2 atom stereocenters. The fourth-order valence-electron chi connectivity index (χ4n) is 3.08. The van der Waals surface area contributed by atoms with Gasteiger partial charge in [-0.1, -0.05) is 98.8 Å². The molecule has 0 nitrogen and oxygen atoms in total. The van der Waals surface area contributed by atoms with Gasteiger partial charge < -0.3 is 0 Å². The molecule has 0 radical (unpaired) electrons. The lowest BCUT2D eigenvalue weighted by molar-refractivity contribution is 0.468. The maximum atomic E-state index is 3.99. The highest BCUT2D eigenvalue weighted by atomic mass is 14.5. The van der Waals surface area contributed by atoms with Gasteiger partial charge in [-0.2, -0.15) is 0 Å². The number of hydrogen-bond donors (Lipinski definition) is 0. The van der Waals surface area contributed by atoms with Gasteiger partial charge in [0.05, 0.1) is 0 Å². The van der Waals surface area contributed by atoms with Crippen LogP contribution in [0.1, 0.15) is 126 Å². The average Bonchev–Trinajstić information content (AvgIpc) is 3.05. The molecule has 0 heterocycles. The van der Waals surface area contributed by atoms with Gasteiger partial charge in [0.15, 0.2) is 0 Å². The first-order valence-electron chi connectivity index (χ1n) is 11.6. The lowest BCUT2D eigenvalue weighted by Crippen LogP contribution is -1.93. The molecule has 0 aromatic heterocycles. The maximum Gasteiger partial charge on any atom is -0.0277 e. The van der Waals surface area contributed by atoms with Crippen molar-refractivity contribution in [2.24, 2.45) is 11.8 Å². The molecule has 25 heavy (non-hydrogen) atoms. The summed E-state index contributed by atoms with van der Waals surface area (Å²) < 4.78 is 0. The lowest BCUT2D eigenvalue weighted by atomic mass is 10.0. The Bertz CT molecular complexity index is 294. The van der Waals surface area contributed by atoms with Crippen LogP contribution in [0, 0.1) is 11.8 Å². The van der Waals surface area contributed by atoms with Crippen LogP contribution in [0.2, 0.25) is 0 Å². The summed E-state index contributed by atoms with van der Waals surface area (Å²) in [5.41, 5.74) is 2.85. The Hall–Kier alpha value is -0.520. The number of unbranched alkanes of at least 4 members (excludes halogenated alkanes) is 4. The van der Waals surface area contributed by atoms with Crippen LogP contribution in [0.5, 0.6) is 0 Å². The van der Waals surface area contributed by atoms with Gasteiger partial charge in [-0.25, -0.2) is 0 Å². The van der Waals surface area contributed by atoms with Crippen molar-refractivity contribution < 1.29 is 0 Å². The van der Waals surface area contributed by atoms with Gasteiger partial charge in [0.1, 0.15) is 0 Å². The van der Waals surface area contributed by atoms with Gasteiger partial charge in [0.25, 0.3) is 0 Å². The highest BCUT2D eigenvalue weighted by Crippen LogP contribution is 2.55. The molecule has 3 aliphatic carbocycles. The number of allylic oxidation sites excluding steroid dienone is 3. The van der Waals surface area contributed by atoms with E-state index in [1.54, 1.807) is 19.3 Å². The summed E-state index contributed by atoms with van der Waals surface area (Å²) >= 11 is 0. The predicted molar refractivity (Wildman–Crippen MR) is 119 cm³/mol. The Morgan fingerprint density at radius 2 is 1.44 bits per heavy atom. The van der Waals surface area contributed by atoms with Crippen LogP contribution in [-0.2, 0) is 0 Å². The second kappa shape index (κ2) is 19.8. The molecule has 3 aliphatic rings. The summed E-state index contributed by atoms with van der Waals surface area (Å²) in [4.78, 5) is 0. The van der Waals surface area contributed by atoms with Gasteiger partial charge in [0.2, 0.25) is 0 Å². The van der Waals surface area contributed by atoms with Crippen molar-refractivity contribution >= 4 is 0 Å². The Morgan fingerprint density at radius 3 is 1.68 bits per heavy atom. The minimum Gasteiger partial charge on any atom is -0.0956 e. The van der Waals surface area contributed by atoms with Crippen molar-refractivity contribution in [1.82, 2.24) is 0 Å². The molecule has 0 amide bonds. The zero-order valence-corrected chi connectivity index (χ0v) is 18.9. The Labute approximate surface area is 161 Å². The summed E-state index contributed by atoms with van der Waals surface area (Å²) in [6, 6.07) is 0. The third-order valence-electron chi connectivity index (χ3n) is 5.11. The Kier molecular flexibility index (Phi) is 21.2. The van der Waals surface area contributed by atoms with E-state index in [1.165, 1.54) is 74.3 Å². The highest BCUT2D eigenvalue weighted by molar-refractivity contribution is 5.29. The van der Waals surface area contributed by atoms with Crippen molar-refractivity contribution in [3.63, 3.8) is 0 Å². The molecule has 3 rings (SSSR count). The first kappa shape index (κ1) is 26.7. The SMILES string of the molecule is C1CC2CC12.C=C(CC)C1=CCCC1.CC.CC.CCCCCCC. The molecule has 0 aliphatic heterocycles. The molecule has 0 bridgehead atoms. The van der Waals surface area contributed by atoms with Crippen molar-refractivity contribution in [2.45, 2.75) is 126 Å². The fraction of sp³-hybridized carbons (Fsp3) is 0.840. The third-order valence-corrected chi connectivity index (χ3v) is 5.11. The molecule has 0 aromatic rings. The summed E-state index contributed by atoms with van der Waals surface area (Å²) in [6.07, 6.45) is 19.0. The van der Waals surface area contributed by atoms with Crippen LogP contribution in [-0.4, -0.2) is 0 Å². The van der Waals surface area contributed by atoms with E-state index in [0.29, 0.717) is 0 Å². The van der Waals surface area contributed by atoms with Crippen LogP contribution in [0.25, 0.3) is 0 Å². The Morgan fingerprint density at radius 1 is 0.920 bits per heavy atom. The van der Waals surface area contributed by atoms with Crippen LogP contribution in [0.3, 0.4) is 0 Å². The first-order chi connectivity index (χ1) is 12.2. The summed E-state index contributed by atoms with van der Waals surface area (Å²) in [7, 11) is 0. The van der Waals surface area contributed by atoms with Gasteiger partial charge in [-0.15, -0.1) is 0 Å². The van der Waals surface area contributed by atoms with E-state index >= 15 is 0 Å². The van der Waals surface area contributed by atoms with E-state index in [-0.39, 0.29) is 0 Å². The minimum atomic E-state index is 1.12. The van der Waals surface area contributed by atoms with E-state index < -0.39 is 0 Å². The lowest BCUT2D eigenvalue weighted by Gasteiger charge is -2.04. The molecule has 0 aromatic carbocycles. The number of fused-ring (bicyclic) bond motifs is 1. The number of hydrogen-bond acceptors (Lipinski definition) is 0. The average molecular weight is 351 g/mol. The minimum absolute atomic E-state index is 1.12. The van der Waals surface area contributed by atoms with Gasteiger partial charge >= 0.3 is 0 Å². The van der Waals surface area contributed by atoms with Crippen molar-refractivity contribution in [1.29, 1.82) is 0 Å². The van der Waals surface area contributed by atoms with Crippen LogP contribution in [0.15, 0.2) is 23.8 Å². The smallest absolute Gasteiger partial charge is 0.0277 e. The zero-order chi connectivity index (χ0) is 19.5. The largest absolute Gasteiger partial charge is 0.0956 e. The molecule has 0 N–H and O–H groups in total. The number of rotatable bonds is 6. The molecule has 2 unspecified atom stereocenters. The van der Waals surface area contributed by atoms with E-state index in [9.17, 15) is 0 Å². The van der Waals surface area contributed by atoms with E-state index in [0.717, 1.165) is 6.42 Å². The normalized spacial score (nSPS) is 21.0. The molecule has 0 spiro atoms. The monoisotopic (exact) mass is 350 g/mol. The maximum absolute atomic E-state index is 3.99. The van der Waals surface area contributed by atoms with E-state index in [4.69, 9.17) is 0 Å². The molecule has 2 fully saturated rings. The molecule has 0 heteroatoms. The Balaban J connectivity index is 0. The molecule has 0 saturated heterocycles. The molecular weight excluding hydrogens is 300 g/mol. The summed E-state index contributed by atoms with van der Waals surface area (Å²) in [5, 5.41) is 0. The van der Waals surface area contributed by atoms with Crippen LogP contribution >= 0.6 is 0 Å². The van der Waals surface area contributed by atoms with Gasteiger partial charge in [-0.05, 0) is 62.4 Å². The zero-order valence-electron chi connectivity index (χ0n) is 18.9. The fourth-order valence-corrected chi connectivity index (χ4v) is 3.08. The van der Waals surface area contributed by atoms with E-state index in [2.05, 4.69) is 33.4 Å².